The molecule has 0 atom stereocenters. The van der Waals surface area contributed by atoms with Crippen LogP contribution < -0.4 is 4.74 Å². The Balaban J connectivity index is 2.52. The summed E-state index contributed by atoms with van der Waals surface area (Å²) in [6.07, 6.45) is 0. The second-order valence-electron chi connectivity index (χ2n) is 3.80. The lowest BCUT2D eigenvalue weighted by Gasteiger charge is -2.08. The minimum atomic E-state index is -0.675. The zero-order chi connectivity index (χ0) is 14.0. The van der Waals surface area contributed by atoms with Crippen LogP contribution in [0.1, 0.15) is 15.9 Å². The number of carbonyl (C=O) groups is 1. The Hall–Kier alpha value is -1.75. The van der Waals surface area contributed by atoms with E-state index >= 15 is 0 Å². The fourth-order valence-electron chi connectivity index (χ4n) is 1.68. The van der Waals surface area contributed by atoms with Gasteiger partial charge in [0.1, 0.15) is 17.4 Å². The van der Waals surface area contributed by atoms with Crippen LogP contribution in [0.4, 0.5) is 8.78 Å². The number of rotatable bonds is 3. The maximum Gasteiger partial charge on any atom is 0.199 e. The average molecular weight is 327 g/mol. The molecule has 2 nitrogen and oxygen atoms in total. The highest BCUT2D eigenvalue weighted by Gasteiger charge is 2.18. The van der Waals surface area contributed by atoms with Gasteiger partial charge >= 0.3 is 0 Å². The van der Waals surface area contributed by atoms with Crippen LogP contribution in [0.25, 0.3) is 0 Å². The Bertz CT molecular complexity index is 641. The van der Waals surface area contributed by atoms with Gasteiger partial charge in [-0.2, -0.15) is 0 Å². The van der Waals surface area contributed by atoms with Crippen molar-refractivity contribution in [2.45, 2.75) is 0 Å². The smallest absolute Gasteiger partial charge is 0.199 e. The van der Waals surface area contributed by atoms with Crippen molar-refractivity contribution in [2.75, 3.05) is 7.11 Å². The highest BCUT2D eigenvalue weighted by molar-refractivity contribution is 9.10. The van der Waals surface area contributed by atoms with Crippen LogP contribution in [0, 0.1) is 11.6 Å². The summed E-state index contributed by atoms with van der Waals surface area (Å²) in [5.74, 6) is -1.68. The fraction of sp³-hybridized carbons (Fsp3) is 0.0714. The summed E-state index contributed by atoms with van der Waals surface area (Å²) in [7, 11) is 1.36. The standard InChI is InChI=1S/C14H9BrF2O2/c1-19-13-5-3-9(16)7-11(13)14(18)10-4-2-8(15)6-12(10)17/h2-7H,1H3. The van der Waals surface area contributed by atoms with Gasteiger partial charge in [-0.15, -0.1) is 0 Å². The molecule has 0 heterocycles. The molecule has 2 rings (SSSR count). The molecule has 0 unspecified atom stereocenters. The SMILES string of the molecule is COc1ccc(F)cc1C(=O)c1ccc(Br)cc1F. The first-order valence-electron chi connectivity index (χ1n) is 5.36. The van der Waals surface area contributed by atoms with Gasteiger partial charge < -0.3 is 4.74 Å². The second kappa shape index (κ2) is 5.48. The number of hydrogen-bond donors (Lipinski definition) is 0. The molecule has 0 spiro atoms. The maximum absolute atomic E-state index is 13.7. The van der Waals surface area contributed by atoms with E-state index in [2.05, 4.69) is 15.9 Å². The molecule has 0 saturated heterocycles. The fourth-order valence-corrected chi connectivity index (χ4v) is 2.01. The maximum atomic E-state index is 13.7. The van der Waals surface area contributed by atoms with Crippen molar-refractivity contribution in [1.82, 2.24) is 0 Å². The van der Waals surface area contributed by atoms with Crippen LogP contribution in [-0.2, 0) is 0 Å². The first-order chi connectivity index (χ1) is 9.02. The van der Waals surface area contributed by atoms with E-state index in [-0.39, 0.29) is 16.9 Å². The first kappa shape index (κ1) is 13.7. The highest BCUT2D eigenvalue weighted by atomic mass is 79.9. The van der Waals surface area contributed by atoms with E-state index in [1.54, 1.807) is 6.07 Å². The van der Waals surface area contributed by atoms with Crippen molar-refractivity contribution in [3.05, 3.63) is 63.6 Å². The number of ketones is 1. The number of halogens is 3. The number of carbonyl (C=O) groups excluding carboxylic acids is 1. The Kier molecular flexibility index (Phi) is 3.95. The lowest BCUT2D eigenvalue weighted by Crippen LogP contribution is -2.07. The monoisotopic (exact) mass is 326 g/mol. The number of benzene rings is 2. The summed E-state index contributed by atoms with van der Waals surface area (Å²) >= 11 is 3.11. The van der Waals surface area contributed by atoms with Crippen molar-refractivity contribution in [1.29, 1.82) is 0 Å². The third kappa shape index (κ3) is 2.81. The Morgan fingerprint density at radius 1 is 1.11 bits per heavy atom. The van der Waals surface area contributed by atoms with Gasteiger partial charge in [-0.05, 0) is 36.4 Å². The molecule has 0 aliphatic rings. The summed E-state index contributed by atoms with van der Waals surface area (Å²) in [6, 6.07) is 7.60. The zero-order valence-electron chi connectivity index (χ0n) is 9.91. The van der Waals surface area contributed by atoms with Crippen LogP contribution in [0.5, 0.6) is 5.75 Å². The van der Waals surface area contributed by atoms with Crippen molar-refractivity contribution in [3.63, 3.8) is 0 Å². The van der Waals surface area contributed by atoms with E-state index in [0.29, 0.717) is 4.47 Å². The van der Waals surface area contributed by atoms with E-state index in [1.807, 2.05) is 0 Å². The molecular weight excluding hydrogens is 318 g/mol. The molecule has 0 aliphatic carbocycles. The molecule has 0 N–H and O–H groups in total. The number of methoxy groups -OCH3 is 1. The molecule has 0 aliphatic heterocycles. The lowest BCUT2D eigenvalue weighted by molar-refractivity contribution is 0.103. The van der Waals surface area contributed by atoms with E-state index in [9.17, 15) is 13.6 Å². The predicted octanol–water partition coefficient (Wildman–Crippen LogP) is 3.97. The van der Waals surface area contributed by atoms with Crippen LogP contribution >= 0.6 is 15.9 Å². The van der Waals surface area contributed by atoms with Crippen LogP contribution in [0.3, 0.4) is 0 Å². The van der Waals surface area contributed by atoms with E-state index in [1.165, 1.54) is 31.4 Å². The third-order valence-corrected chi connectivity index (χ3v) is 3.08. The summed E-state index contributed by atoms with van der Waals surface area (Å²) < 4.78 is 32.5. The van der Waals surface area contributed by atoms with E-state index < -0.39 is 17.4 Å². The largest absolute Gasteiger partial charge is 0.496 e. The van der Waals surface area contributed by atoms with E-state index in [4.69, 9.17) is 4.74 Å². The summed E-state index contributed by atoms with van der Waals surface area (Å²) in [5.41, 5.74) is -0.143. The molecule has 2 aromatic carbocycles. The molecule has 19 heavy (non-hydrogen) atoms. The van der Waals surface area contributed by atoms with Gasteiger partial charge in [-0.1, -0.05) is 15.9 Å². The normalized spacial score (nSPS) is 10.3. The van der Waals surface area contributed by atoms with Gasteiger partial charge in [0.2, 0.25) is 0 Å². The molecule has 98 valence electrons. The van der Waals surface area contributed by atoms with E-state index in [0.717, 1.165) is 6.07 Å². The minimum absolute atomic E-state index is 0.0104. The molecule has 5 heteroatoms. The van der Waals surface area contributed by atoms with Gasteiger partial charge in [0.15, 0.2) is 5.78 Å². The number of ether oxygens (including phenoxy) is 1. The Labute approximate surface area is 117 Å². The lowest BCUT2D eigenvalue weighted by atomic mass is 10.0. The van der Waals surface area contributed by atoms with Crippen LogP contribution in [0.15, 0.2) is 40.9 Å². The average Bonchev–Trinajstić information content (AvgIpc) is 2.38. The zero-order valence-corrected chi connectivity index (χ0v) is 11.5. The topological polar surface area (TPSA) is 26.3 Å². The van der Waals surface area contributed by atoms with Crippen molar-refractivity contribution in [3.8, 4) is 5.75 Å². The molecule has 0 amide bonds. The summed E-state index contributed by atoms with van der Waals surface area (Å²) in [4.78, 5) is 12.2. The van der Waals surface area contributed by atoms with Crippen molar-refractivity contribution in [2.24, 2.45) is 0 Å². The number of hydrogen-bond acceptors (Lipinski definition) is 2. The molecule has 0 saturated carbocycles. The van der Waals surface area contributed by atoms with Gasteiger partial charge in [0.05, 0.1) is 18.2 Å². The molecule has 0 aromatic heterocycles. The molecule has 0 bridgehead atoms. The summed E-state index contributed by atoms with van der Waals surface area (Å²) in [5, 5.41) is 0. The van der Waals surface area contributed by atoms with Gasteiger partial charge in [0.25, 0.3) is 0 Å². The summed E-state index contributed by atoms with van der Waals surface area (Å²) in [6.45, 7) is 0. The minimum Gasteiger partial charge on any atom is -0.496 e. The van der Waals surface area contributed by atoms with Gasteiger partial charge in [-0.25, -0.2) is 8.78 Å². The highest BCUT2D eigenvalue weighted by Crippen LogP contribution is 2.25. The van der Waals surface area contributed by atoms with Crippen molar-refractivity contribution >= 4 is 21.7 Å². The molecular formula is C14H9BrF2O2. The Morgan fingerprint density at radius 2 is 1.84 bits per heavy atom. The Morgan fingerprint density at radius 3 is 2.47 bits per heavy atom. The van der Waals surface area contributed by atoms with Crippen LogP contribution in [0.2, 0.25) is 0 Å². The second-order valence-corrected chi connectivity index (χ2v) is 4.71. The molecule has 0 radical (unpaired) electrons. The van der Waals surface area contributed by atoms with Gasteiger partial charge in [-0.3, -0.25) is 4.79 Å². The quantitative estimate of drug-likeness (QED) is 0.798. The van der Waals surface area contributed by atoms with Crippen molar-refractivity contribution < 1.29 is 18.3 Å². The molecule has 0 fully saturated rings. The van der Waals surface area contributed by atoms with Crippen LogP contribution in [-0.4, -0.2) is 12.9 Å². The third-order valence-electron chi connectivity index (χ3n) is 2.58. The first-order valence-corrected chi connectivity index (χ1v) is 6.15. The predicted molar refractivity (Wildman–Crippen MR) is 70.5 cm³/mol. The van der Waals surface area contributed by atoms with Gasteiger partial charge in [0, 0.05) is 4.47 Å². The molecule has 2 aromatic rings.